The van der Waals surface area contributed by atoms with E-state index in [4.69, 9.17) is 5.11 Å². The van der Waals surface area contributed by atoms with E-state index in [9.17, 15) is 9.59 Å². The number of nitrogens with zero attached hydrogens (tertiary/aromatic N) is 1. The lowest BCUT2D eigenvalue weighted by Gasteiger charge is -2.10. The van der Waals surface area contributed by atoms with E-state index in [1.807, 2.05) is 17.5 Å². The molecule has 5 heteroatoms. The Hall–Kier alpha value is -1.62. The van der Waals surface area contributed by atoms with Crippen LogP contribution in [0.1, 0.15) is 11.3 Å². The molecule has 1 aliphatic heterocycles. The van der Waals surface area contributed by atoms with E-state index in [2.05, 4.69) is 0 Å². The van der Waals surface area contributed by atoms with E-state index in [0.717, 1.165) is 4.88 Å². The minimum Gasteiger partial charge on any atom is -0.478 e. The van der Waals surface area contributed by atoms with Gasteiger partial charge in [-0.3, -0.25) is 4.79 Å². The molecule has 0 atom stereocenters. The van der Waals surface area contributed by atoms with Crippen LogP contribution in [0.4, 0.5) is 0 Å². The van der Waals surface area contributed by atoms with Crippen LogP contribution in [0.15, 0.2) is 29.3 Å². The van der Waals surface area contributed by atoms with Crippen LogP contribution in [-0.2, 0) is 16.1 Å². The second-order valence-electron chi connectivity index (χ2n) is 3.24. The van der Waals surface area contributed by atoms with Crippen LogP contribution in [0.2, 0.25) is 0 Å². The average Bonchev–Trinajstić information content (AvgIpc) is 2.77. The van der Waals surface area contributed by atoms with E-state index in [0.29, 0.717) is 6.54 Å². The van der Waals surface area contributed by atoms with Crippen molar-refractivity contribution in [2.24, 2.45) is 0 Å². The van der Waals surface area contributed by atoms with Crippen molar-refractivity contribution in [3.8, 4) is 0 Å². The Kier molecular flexibility index (Phi) is 2.55. The summed E-state index contributed by atoms with van der Waals surface area (Å²) in [4.78, 5) is 24.6. The van der Waals surface area contributed by atoms with Crippen molar-refractivity contribution in [2.75, 3.05) is 0 Å². The van der Waals surface area contributed by atoms with Crippen LogP contribution >= 0.6 is 11.3 Å². The summed E-state index contributed by atoms with van der Waals surface area (Å²) in [6.07, 6.45) is 1.42. The number of hydrogen-bond donors (Lipinski definition) is 1. The van der Waals surface area contributed by atoms with Crippen molar-refractivity contribution < 1.29 is 14.7 Å². The highest BCUT2D eigenvalue weighted by atomic mass is 32.1. The molecular formula is C10H9NO3S. The molecule has 0 fully saturated rings. The number of aliphatic carboxylic acids is 1. The number of carbonyl (C=O) groups excluding carboxylic acids is 1. The fourth-order valence-corrected chi connectivity index (χ4v) is 2.11. The van der Waals surface area contributed by atoms with E-state index in [1.54, 1.807) is 11.3 Å². The van der Waals surface area contributed by atoms with Crippen molar-refractivity contribution in [1.29, 1.82) is 0 Å². The molecule has 1 aromatic rings. The van der Waals surface area contributed by atoms with Crippen LogP contribution in [-0.4, -0.2) is 21.9 Å². The van der Waals surface area contributed by atoms with E-state index in [1.165, 1.54) is 11.1 Å². The highest BCUT2D eigenvalue weighted by Crippen LogP contribution is 2.20. The molecule has 1 aromatic heterocycles. The average molecular weight is 223 g/mol. The molecule has 2 rings (SSSR count). The van der Waals surface area contributed by atoms with E-state index < -0.39 is 5.97 Å². The van der Waals surface area contributed by atoms with Crippen molar-refractivity contribution in [3.05, 3.63) is 34.2 Å². The zero-order valence-corrected chi connectivity index (χ0v) is 8.66. The maximum absolute atomic E-state index is 11.4. The molecule has 2 heterocycles. The minimum atomic E-state index is -1.02. The molecule has 0 unspecified atom stereocenters. The molecule has 1 N–H and O–H groups in total. The third kappa shape index (κ3) is 2.07. The summed E-state index contributed by atoms with van der Waals surface area (Å²) in [5, 5.41) is 10.7. The highest BCUT2D eigenvalue weighted by Gasteiger charge is 2.25. The second kappa shape index (κ2) is 3.86. The highest BCUT2D eigenvalue weighted by molar-refractivity contribution is 7.09. The lowest BCUT2D eigenvalue weighted by molar-refractivity contribution is -0.134. The first kappa shape index (κ1) is 9.92. The van der Waals surface area contributed by atoms with Crippen molar-refractivity contribution in [3.63, 3.8) is 0 Å². The normalized spacial score (nSPS) is 15.6. The molecule has 0 aromatic carbocycles. The fourth-order valence-electron chi connectivity index (χ4n) is 1.41. The molecule has 0 saturated carbocycles. The summed E-state index contributed by atoms with van der Waals surface area (Å²) in [7, 11) is 0. The number of rotatable bonds is 3. The van der Waals surface area contributed by atoms with Gasteiger partial charge in [0.2, 0.25) is 5.91 Å². The molecule has 78 valence electrons. The molecule has 0 bridgehead atoms. The Morgan fingerprint density at radius 3 is 2.93 bits per heavy atom. The first-order valence-corrected chi connectivity index (χ1v) is 5.30. The molecule has 15 heavy (non-hydrogen) atoms. The zero-order valence-electron chi connectivity index (χ0n) is 7.84. The van der Waals surface area contributed by atoms with Gasteiger partial charge in [0.15, 0.2) is 0 Å². The van der Waals surface area contributed by atoms with Gasteiger partial charge in [0, 0.05) is 11.1 Å². The number of carbonyl (C=O) groups is 2. The Bertz CT molecular complexity index is 422. The second-order valence-corrected chi connectivity index (χ2v) is 4.27. The first-order chi connectivity index (χ1) is 7.16. The summed E-state index contributed by atoms with van der Waals surface area (Å²) >= 11 is 1.55. The standard InChI is InChI=1S/C10H9NO3S/c12-9-4-7(10(13)14)5-11(9)6-8-2-1-3-15-8/h1-3,5H,4,6H2,(H,13,14). The van der Waals surface area contributed by atoms with Crippen LogP contribution in [0.25, 0.3) is 0 Å². The van der Waals surface area contributed by atoms with Crippen LogP contribution in [0, 0.1) is 0 Å². The van der Waals surface area contributed by atoms with Gasteiger partial charge >= 0.3 is 5.97 Å². The fraction of sp³-hybridized carbons (Fsp3) is 0.200. The SMILES string of the molecule is O=C(O)C1=CN(Cc2cccs2)C(=O)C1. The predicted octanol–water partition coefficient (Wildman–Crippen LogP) is 1.45. The van der Waals surface area contributed by atoms with Crippen LogP contribution < -0.4 is 0 Å². The Morgan fingerprint density at radius 1 is 1.60 bits per heavy atom. The van der Waals surface area contributed by atoms with Gasteiger partial charge in [-0.05, 0) is 11.4 Å². The lowest BCUT2D eigenvalue weighted by Crippen LogP contribution is -2.19. The summed E-state index contributed by atoms with van der Waals surface area (Å²) < 4.78 is 0. The summed E-state index contributed by atoms with van der Waals surface area (Å²) in [6.45, 7) is 0.466. The lowest BCUT2D eigenvalue weighted by atomic mass is 10.2. The quantitative estimate of drug-likeness (QED) is 0.843. The van der Waals surface area contributed by atoms with Gasteiger partial charge in [-0.1, -0.05) is 6.07 Å². The number of carboxylic acid groups (broad SMARTS) is 1. The molecule has 0 aliphatic carbocycles. The monoisotopic (exact) mass is 223 g/mol. The third-order valence-corrected chi connectivity index (χ3v) is 3.02. The Balaban J connectivity index is 2.10. The molecule has 1 amide bonds. The Labute approximate surface area is 90.4 Å². The van der Waals surface area contributed by atoms with Crippen LogP contribution in [0.3, 0.4) is 0 Å². The van der Waals surface area contributed by atoms with Crippen molar-refractivity contribution >= 4 is 23.2 Å². The number of amides is 1. The van der Waals surface area contributed by atoms with Crippen molar-refractivity contribution in [1.82, 2.24) is 4.90 Å². The number of carboxylic acids is 1. The van der Waals surface area contributed by atoms with Crippen molar-refractivity contribution in [2.45, 2.75) is 13.0 Å². The predicted molar refractivity (Wildman–Crippen MR) is 55.2 cm³/mol. The summed E-state index contributed by atoms with van der Waals surface area (Å²) in [5.74, 6) is -1.17. The van der Waals surface area contributed by atoms with Gasteiger partial charge in [-0.25, -0.2) is 4.79 Å². The molecule has 0 radical (unpaired) electrons. The van der Waals surface area contributed by atoms with E-state index >= 15 is 0 Å². The summed E-state index contributed by atoms with van der Waals surface area (Å²) in [5.41, 5.74) is 0.163. The molecule has 0 saturated heterocycles. The smallest absolute Gasteiger partial charge is 0.333 e. The molecule has 4 nitrogen and oxygen atoms in total. The van der Waals surface area contributed by atoms with Crippen LogP contribution in [0.5, 0.6) is 0 Å². The first-order valence-electron chi connectivity index (χ1n) is 4.42. The molecular weight excluding hydrogens is 214 g/mol. The topological polar surface area (TPSA) is 57.6 Å². The van der Waals surface area contributed by atoms with Gasteiger partial charge in [0.05, 0.1) is 18.5 Å². The zero-order chi connectivity index (χ0) is 10.8. The number of hydrogen-bond acceptors (Lipinski definition) is 3. The minimum absolute atomic E-state index is 0.000703. The molecule has 0 spiro atoms. The van der Waals surface area contributed by atoms with Gasteiger partial charge in [-0.15, -0.1) is 11.3 Å². The number of thiophene rings is 1. The van der Waals surface area contributed by atoms with Gasteiger partial charge < -0.3 is 10.0 Å². The van der Waals surface area contributed by atoms with Gasteiger partial charge in [-0.2, -0.15) is 0 Å². The Morgan fingerprint density at radius 2 is 2.40 bits per heavy atom. The summed E-state index contributed by atoms with van der Waals surface area (Å²) in [6, 6.07) is 3.83. The molecule has 1 aliphatic rings. The maximum atomic E-state index is 11.4. The largest absolute Gasteiger partial charge is 0.478 e. The van der Waals surface area contributed by atoms with E-state index in [-0.39, 0.29) is 17.9 Å². The maximum Gasteiger partial charge on any atom is 0.333 e. The third-order valence-electron chi connectivity index (χ3n) is 2.15. The van der Waals surface area contributed by atoms with Gasteiger partial charge in [0.1, 0.15) is 0 Å². The van der Waals surface area contributed by atoms with Gasteiger partial charge in [0.25, 0.3) is 0 Å².